The van der Waals surface area contributed by atoms with Crippen molar-refractivity contribution in [1.82, 2.24) is 15.5 Å². The number of aryl methyl sites for hydroxylation is 1. The Morgan fingerprint density at radius 1 is 1.29 bits per heavy atom. The van der Waals surface area contributed by atoms with E-state index in [-0.39, 0.29) is 12.1 Å². The van der Waals surface area contributed by atoms with Crippen molar-refractivity contribution in [2.75, 3.05) is 32.1 Å². The molecular formula is C21H32N4O3. The van der Waals surface area contributed by atoms with Gasteiger partial charge in [-0.05, 0) is 50.3 Å². The fourth-order valence-corrected chi connectivity index (χ4v) is 4.17. The highest BCUT2D eigenvalue weighted by Gasteiger charge is 2.41. The van der Waals surface area contributed by atoms with E-state index in [9.17, 15) is 9.59 Å². The minimum absolute atomic E-state index is 0.0212. The van der Waals surface area contributed by atoms with Gasteiger partial charge in [-0.3, -0.25) is 0 Å². The van der Waals surface area contributed by atoms with Crippen LogP contribution in [0, 0.1) is 6.92 Å². The molecule has 1 aliphatic heterocycles. The van der Waals surface area contributed by atoms with Crippen LogP contribution in [0.3, 0.4) is 0 Å². The van der Waals surface area contributed by atoms with Gasteiger partial charge in [-0.2, -0.15) is 0 Å². The summed E-state index contributed by atoms with van der Waals surface area (Å²) in [6, 6.07) is 7.71. The lowest BCUT2D eigenvalue weighted by Gasteiger charge is -2.31. The van der Waals surface area contributed by atoms with Crippen LogP contribution in [0.25, 0.3) is 0 Å². The largest absolute Gasteiger partial charge is 0.385 e. The Morgan fingerprint density at radius 3 is 2.79 bits per heavy atom. The minimum atomic E-state index is -0.475. The number of nitrogens with one attached hydrogen (secondary N) is 3. The number of urea groups is 2. The Morgan fingerprint density at radius 2 is 2.07 bits per heavy atom. The molecule has 4 amide bonds. The second-order valence-corrected chi connectivity index (χ2v) is 8.07. The number of rotatable bonds is 6. The maximum atomic E-state index is 12.6. The Labute approximate surface area is 167 Å². The maximum Gasteiger partial charge on any atom is 0.319 e. The second kappa shape index (κ2) is 9.28. The number of hydrogen-bond acceptors (Lipinski definition) is 3. The topological polar surface area (TPSA) is 82.7 Å². The van der Waals surface area contributed by atoms with Crippen LogP contribution >= 0.6 is 0 Å². The molecule has 2 fully saturated rings. The molecule has 0 bridgehead atoms. The van der Waals surface area contributed by atoms with E-state index < -0.39 is 5.54 Å². The first kappa shape index (κ1) is 20.5. The lowest BCUT2D eigenvalue weighted by atomic mass is 9.94. The van der Waals surface area contributed by atoms with Crippen molar-refractivity contribution in [2.45, 2.75) is 57.0 Å². The molecule has 0 radical (unpaired) electrons. The molecule has 1 aliphatic carbocycles. The van der Waals surface area contributed by atoms with Crippen LogP contribution in [0.4, 0.5) is 15.3 Å². The van der Waals surface area contributed by atoms with Gasteiger partial charge < -0.3 is 25.6 Å². The SMILES string of the molecule is COCCC1(NC(=O)Nc2cccc(C)c2)CCN(C(=O)NC2CCCC2)C1. The molecule has 2 aliphatic rings. The molecule has 1 saturated heterocycles. The zero-order valence-electron chi connectivity index (χ0n) is 16.9. The number of methoxy groups -OCH3 is 1. The van der Waals surface area contributed by atoms with E-state index >= 15 is 0 Å². The van der Waals surface area contributed by atoms with Crippen LogP contribution in [0.5, 0.6) is 0 Å². The van der Waals surface area contributed by atoms with Crippen molar-refractivity contribution in [3.05, 3.63) is 29.8 Å². The molecule has 28 heavy (non-hydrogen) atoms. The van der Waals surface area contributed by atoms with Gasteiger partial charge in [0.2, 0.25) is 0 Å². The molecule has 1 saturated carbocycles. The third-order valence-electron chi connectivity index (χ3n) is 5.76. The minimum Gasteiger partial charge on any atom is -0.385 e. The van der Waals surface area contributed by atoms with Gasteiger partial charge in [-0.25, -0.2) is 9.59 Å². The highest BCUT2D eigenvalue weighted by molar-refractivity contribution is 5.90. The van der Waals surface area contributed by atoms with Gasteiger partial charge in [0, 0.05) is 38.5 Å². The summed E-state index contributed by atoms with van der Waals surface area (Å²) in [5.41, 5.74) is 1.37. The van der Waals surface area contributed by atoms with Crippen molar-refractivity contribution in [1.29, 1.82) is 0 Å². The van der Waals surface area contributed by atoms with Crippen LogP contribution in [0.2, 0.25) is 0 Å². The molecule has 1 aromatic rings. The van der Waals surface area contributed by atoms with Gasteiger partial charge in [0.25, 0.3) is 0 Å². The van der Waals surface area contributed by atoms with Gasteiger partial charge in [-0.15, -0.1) is 0 Å². The van der Waals surface area contributed by atoms with Crippen molar-refractivity contribution in [3.63, 3.8) is 0 Å². The zero-order valence-corrected chi connectivity index (χ0v) is 16.9. The smallest absolute Gasteiger partial charge is 0.319 e. The Balaban J connectivity index is 1.60. The summed E-state index contributed by atoms with van der Waals surface area (Å²) < 4.78 is 5.26. The van der Waals surface area contributed by atoms with Crippen LogP contribution in [-0.2, 0) is 4.74 Å². The first-order valence-corrected chi connectivity index (χ1v) is 10.2. The summed E-state index contributed by atoms with van der Waals surface area (Å²) in [6.07, 6.45) is 5.87. The van der Waals surface area contributed by atoms with Gasteiger partial charge in [0.1, 0.15) is 0 Å². The molecule has 7 heteroatoms. The quantitative estimate of drug-likeness (QED) is 0.700. The van der Waals surface area contributed by atoms with E-state index in [1.165, 1.54) is 12.8 Å². The molecule has 3 N–H and O–H groups in total. The number of likely N-dealkylation sites (tertiary alicyclic amines) is 1. The van der Waals surface area contributed by atoms with Crippen LogP contribution < -0.4 is 16.0 Å². The van der Waals surface area contributed by atoms with Crippen molar-refractivity contribution in [2.24, 2.45) is 0 Å². The van der Waals surface area contributed by atoms with E-state index in [1.54, 1.807) is 7.11 Å². The standard InChI is InChI=1S/C21H32N4O3/c1-16-6-5-9-18(14-16)22-19(26)24-21(11-13-28-2)10-12-25(15-21)20(27)23-17-7-3-4-8-17/h5-6,9,14,17H,3-4,7-8,10-13,15H2,1-2H3,(H,23,27)(H2,22,24,26). The van der Waals surface area contributed by atoms with E-state index in [0.717, 1.165) is 30.5 Å². The molecule has 1 unspecified atom stereocenters. The van der Waals surface area contributed by atoms with Crippen LogP contribution in [-0.4, -0.2) is 55.3 Å². The molecule has 1 heterocycles. The van der Waals surface area contributed by atoms with Crippen LogP contribution in [0.1, 0.15) is 44.1 Å². The van der Waals surface area contributed by atoms with Crippen molar-refractivity contribution < 1.29 is 14.3 Å². The Hall–Kier alpha value is -2.28. The fraction of sp³-hybridized carbons (Fsp3) is 0.619. The summed E-state index contributed by atoms with van der Waals surface area (Å²) in [4.78, 5) is 27.1. The summed E-state index contributed by atoms with van der Waals surface area (Å²) in [6.45, 7) is 3.65. The number of amides is 4. The predicted octanol–water partition coefficient (Wildman–Crippen LogP) is 3.25. The summed E-state index contributed by atoms with van der Waals surface area (Å²) >= 11 is 0. The molecule has 1 atom stereocenters. The molecular weight excluding hydrogens is 356 g/mol. The van der Waals surface area contributed by atoms with E-state index in [1.807, 2.05) is 36.1 Å². The number of ether oxygens (including phenoxy) is 1. The zero-order chi connectivity index (χ0) is 20.0. The van der Waals surface area contributed by atoms with E-state index in [2.05, 4.69) is 16.0 Å². The normalized spacial score (nSPS) is 22.3. The second-order valence-electron chi connectivity index (χ2n) is 8.07. The number of carbonyl (C=O) groups excluding carboxylic acids is 2. The maximum absolute atomic E-state index is 12.6. The summed E-state index contributed by atoms with van der Waals surface area (Å²) in [7, 11) is 1.65. The summed E-state index contributed by atoms with van der Waals surface area (Å²) in [5.74, 6) is 0. The number of benzene rings is 1. The average molecular weight is 389 g/mol. The number of hydrogen-bond donors (Lipinski definition) is 3. The first-order chi connectivity index (χ1) is 13.5. The number of carbonyl (C=O) groups is 2. The predicted molar refractivity (Wildman–Crippen MR) is 110 cm³/mol. The molecule has 0 spiro atoms. The molecule has 1 aromatic carbocycles. The molecule has 154 valence electrons. The third kappa shape index (κ3) is 5.38. The highest BCUT2D eigenvalue weighted by atomic mass is 16.5. The molecule has 0 aromatic heterocycles. The third-order valence-corrected chi connectivity index (χ3v) is 5.76. The summed E-state index contributed by atoms with van der Waals surface area (Å²) in [5, 5.41) is 9.17. The lowest BCUT2D eigenvalue weighted by Crippen LogP contribution is -2.54. The number of anilines is 1. The van der Waals surface area contributed by atoms with Crippen molar-refractivity contribution >= 4 is 17.7 Å². The van der Waals surface area contributed by atoms with Gasteiger partial charge in [0.15, 0.2) is 0 Å². The monoisotopic (exact) mass is 388 g/mol. The highest BCUT2D eigenvalue weighted by Crippen LogP contribution is 2.26. The van der Waals surface area contributed by atoms with E-state index in [4.69, 9.17) is 4.74 Å². The van der Waals surface area contributed by atoms with Gasteiger partial charge in [-0.1, -0.05) is 25.0 Å². The molecule has 7 nitrogen and oxygen atoms in total. The van der Waals surface area contributed by atoms with Crippen molar-refractivity contribution in [3.8, 4) is 0 Å². The number of nitrogens with zero attached hydrogens (tertiary/aromatic N) is 1. The van der Waals surface area contributed by atoms with E-state index in [0.29, 0.717) is 32.2 Å². The molecule has 3 rings (SSSR count). The van der Waals surface area contributed by atoms with Crippen LogP contribution in [0.15, 0.2) is 24.3 Å². The lowest BCUT2D eigenvalue weighted by molar-refractivity contribution is 0.154. The Bertz CT molecular complexity index is 690. The fourth-order valence-electron chi connectivity index (χ4n) is 4.17. The first-order valence-electron chi connectivity index (χ1n) is 10.2. The van der Waals surface area contributed by atoms with Gasteiger partial charge >= 0.3 is 12.1 Å². The average Bonchev–Trinajstić information content (AvgIpc) is 3.30. The Kier molecular flexibility index (Phi) is 6.78. The van der Waals surface area contributed by atoms with Gasteiger partial charge in [0.05, 0.1) is 5.54 Å².